The number of nitro benzene ring substituents is 1. The Hall–Kier alpha value is -5.25. The molecule has 44 heavy (non-hydrogen) atoms. The van der Waals surface area contributed by atoms with Gasteiger partial charge in [-0.15, -0.1) is 0 Å². The summed E-state index contributed by atoms with van der Waals surface area (Å²) in [6, 6.07) is 20.7. The summed E-state index contributed by atoms with van der Waals surface area (Å²) in [5.74, 6) is -4.38. The molecule has 3 aromatic rings. The maximum absolute atomic E-state index is 14.5. The van der Waals surface area contributed by atoms with Gasteiger partial charge in [0, 0.05) is 24.3 Å². The number of nitrogens with zero attached hydrogens (tertiary/aromatic N) is 4. The number of non-ortho nitro benzene ring substituents is 1. The van der Waals surface area contributed by atoms with Gasteiger partial charge in [0.15, 0.2) is 0 Å². The molecule has 7 aliphatic rings. The second-order valence-corrected chi connectivity index (χ2v) is 12.5. The Kier molecular flexibility index (Phi) is 4.84. The van der Waals surface area contributed by atoms with E-state index in [-0.39, 0.29) is 35.0 Å². The molecule has 0 unspecified atom stereocenters. The Labute approximate surface area is 250 Å². The van der Waals surface area contributed by atoms with Crippen LogP contribution < -0.4 is 4.90 Å². The third-order valence-corrected chi connectivity index (χ3v) is 10.8. The summed E-state index contributed by atoms with van der Waals surface area (Å²) in [6.07, 6.45) is 6.42. The van der Waals surface area contributed by atoms with Gasteiger partial charge in [0.25, 0.3) is 17.5 Å². The highest BCUT2D eigenvalue weighted by molar-refractivity contribution is 6.25. The second kappa shape index (κ2) is 8.43. The number of hydrogen-bond donors (Lipinski definition) is 0. The van der Waals surface area contributed by atoms with Gasteiger partial charge in [0.2, 0.25) is 11.8 Å². The molecule has 10 heteroatoms. The minimum Gasteiger partial charge on any atom is -0.274 e. The van der Waals surface area contributed by atoms with Crippen LogP contribution in [-0.4, -0.2) is 39.8 Å². The highest BCUT2D eigenvalue weighted by atomic mass is 16.6. The number of rotatable bonds is 4. The molecule has 10 nitrogen and oxygen atoms in total. The summed E-state index contributed by atoms with van der Waals surface area (Å²) in [5, 5.41) is 16.9. The molecule has 1 saturated carbocycles. The fraction of sp³-hybridized carbons (Fsp3) is 0.265. The Morgan fingerprint density at radius 1 is 0.750 bits per heavy atom. The molecular weight excluding hydrogens is 560 g/mol. The standard InChI is InChI=1S/C34H24N4O6/c39-30-28-27-21-5-1-3-7-23(21)34(24-8-4-2-6-22(24)27,29(28)33(42)36(30)19-11-13-20(14-12-19)38(43)44)16-35-37-31(40)25-17-9-10-18(15-17)26(25)32(37)41/h1-14,16-18,25-29H,15H2/b35-16-/t17-,18-,25-,26+,27?,28+,29+,34?/m0/s1. The van der Waals surface area contributed by atoms with E-state index >= 15 is 0 Å². The lowest BCUT2D eigenvalue weighted by Crippen LogP contribution is -2.55. The normalized spacial score (nSPS) is 33.8. The fourth-order valence-electron chi connectivity index (χ4n) is 9.18. The maximum Gasteiger partial charge on any atom is 0.269 e. The van der Waals surface area contributed by atoms with Gasteiger partial charge < -0.3 is 0 Å². The monoisotopic (exact) mass is 584 g/mol. The van der Waals surface area contributed by atoms with E-state index in [0.29, 0.717) is 0 Å². The second-order valence-electron chi connectivity index (χ2n) is 12.5. The van der Waals surface area contributed by atoms with Crippen LogP contribution >= 0.6 is 0 Å². The first-order chi connectivity index (χ1) is 21.3. The minimum atomic E-state index is -1.25. The Bertz CT molecular complexity index is 1850. The lowest BCUT2D eigenvalue weighted by Gasteiger charge is -2.52. The van der Waals surface area contributed by atoms with Crippen LogP contribution in [0.3, 0.4) is 0 Å². The van der Waals surface area contributed by atoms with Gasteiger partial charge in [-0.3, -0.25) is 29.3 Å². The number of carbonyl (C=O) groups excluding carboxylic acids is 4. The molecule has 0 radical (unpaired) electrons. The maximum atomic E-state index is 14.5. The highest BCUT2D eigenvalue weighted by Crippen LogP contribution is 2.64. The molecule has 3 aromatic carbocycles. The number of carbonyl (C=O) groups is 4. The third kappa shape index (κ3) is 2.88. The number of anilines is 1. The Morgan fingerprint density at radius 3 is 1.89 bits per heavy atom. The molecule has 6 atom stereocenters. The number of hydrazone groups is 1. The quantitative estimate of drug-likeness (QED) is 0.150. The van der Waals surface area contributed by atoms with Crippen LogP contribution in [0.1, 0.15) is 34.6 Å². The third-order valence-electron chi connectivity index (χ3n) is 10.8. The topological polar surface area (TPSA) is 130 Å². The fourth-order valence-corrected chi connectivity index (χ4v) is 9.18. The molecule has 2 aliphatic heterocycles. The van der Waals surface area contributed by atoms with Gasteiger partial charge in [-0.25, -0.2) is 4.90 Å². The average molecular weight is 585 g/mol. The average Bonchev–Trinajstić information content (AvgIpc) is 3.79. The van der Waals surface area contributed by atoms with Crippen molar-refractivity contribution in [1.29, 1.82) is 0 Å². The molecule has 5 aliphatic carbocycles. The predicted octanol–water partition coefficient (Wildman–Crippen LogP) is 3.94. The van der Waals surface area contributed by atoms with E-state index in [1.807, 2.05) is 60.7 Å². The smallest absolute Gasteiger partial charge is 0.269 e. The van der Waals surface area contributed by atoms with Crippen molar-refractivity contribution in [2.24, 2.45) is 40.6 Å². The molecule has 4 amide bonds. The van der Waals surface area contributed by atoms with Crippen LogP contribution in [0, 0.1) is 45.6 Å². The molecule has 4 bridgehead atoms. The number of imide groups is 2. The minimum absolute atomic E-state index is 0.0278. The highest BCUT2D eigenvalue weighted by Gasteiger charge is 2.68. The zero-order valence-electron chi connectivity index (χ0n) is 23.1. The zero-order valence-corrected chi connectivity index (χ0v) is 23.1. The van der Waals surface area contributed by atoms with E-state index in [4.69, 9.17) is 0 Å². The van der Waals surface area contributed by atoms with Crippen molar-refractivity contribution in [2.45, 2.75) is 17.8 Å². The predicted molar refractivity (Wildman–Crippen MR) is 156 cm³/mol. The molecule has 2 heterocycles. The molecule has 0 N–H and O–H groups in total. The number of amides is 4. The van der Waals surface area contributed by atoms with Crippen LogP contribution in [0.25, 0.3) is 0 Å². The number of allylic oxidation sites excluding steroid dienone is 2. The van der Waals surface area contributed by atoms with E-state index in [1.54, 1.807) is 6.21 Å². The van der Waals surface area contributed by atoms with E-state index in [1.165, 1.54) is 24.3 Å². The van der Waals surface area contributed by atoms with E-state index < -0.39 is 51.7 Å². The zero-order chi connectivity index (χ0) is 30.1. The molecule has 10 rings (SSSR count). The summed E-state index contributed by atoms with van der Waals surface area (Å²) in [5.41, 5.74) is 2.25. The molecule has 0 spiro atoms. The van der Waals surface area contributed by atoms with Crippen LogP contribution in [-0.2, 0) is 24.6 Å². The van der Waals surface area contributed by atoms with Gasteiger partial charge in [-0.05, 0) is 52.6 Å². The van der Waals surface area contributed by atoms with Crippen molar-refractivity contribution in [2.75, 3.05) is 4.90 Å². The Morgan fingerprint density at radius 2 is 1.32 bits per heavy atom. The van der Waals surface area contributed by atoms with Crippen LogP contribution in [0.15, 0.2) is 90.0 Å². The van der Waals surface area contributed by atoms with Crippen molar-refractivity contribution in [3.05, 3.63) is 117 Å². The summed E-state index contributed by atoms with van der Waals surface area (Å²) in [4.78, 5) is 67.9. The number of nitro groups is 1. The van der Waals surface area contributed by atoms with E-state index in [0.717, 1.165) is 38.6 Å². The van der Waals surface area contributed by atoms with Crippen LogP contribution in [0.4, 0.5) is 11.4 Å². The summed E-state index contributed by atoms with van der Waals surface area (Å²) < 4.78 is 0. The van der Waals surface area contributed by atoms with Gasteiger partial charge in [-0.1, -0.05) is 60.7 Å². The largest absolute Gasteiger partial charge is 0.274 e. The Balaban J connectivity index is 1.22. The lowest BCUT2D eigenvalue weighted by molar-refractivity contribution is -0.384. The van der Waals surface area contributed by atoms with Crippen molar-refractivity contribution in [1.82, 2.24) is 5.01 Å². The SMILES string of the molecule is O=C1[C@@H]2[C@H](C(=O)N1/N=C\C13c4ccccc4C(c4ccccc41)[C@H]1C(=O)N(c4ccc([N+](=O)[O-])cc4)C(=O)[C@@H]13)[C@H]1C=C[C@H]2C1. The molecule has 216 valence electrons. The van der Waals surface area contributed by atoms with Crippen LogP contribution in [0.2, 0.25) is 0 Å². The van der Waals surface area contributed by atoms with Crippen LogP contribution in [0.5, 0.6) is 0 Å². The van der Waals surface area contributed by atoms with Crippen molar-refractivity contribution in [3.8, 4) is 0 Å². The molecule has 3 fully saturated rings. The summed E-state index contributed by atoms with van der Waals surface area (Å²) >= 11 is 0. The number of hydrogen-bond acceptors (Lipinski definition) is 7. The first-order valence-electron chi connectivity index (χ1n) is 14.8. The van der Waals surface area contributed by atoms with Gasteiger partial charge in [0.1, 0.15) is 0 Å². The molecule has 2 saturated heterocycles. The summed E-state index contributed by atoms with van der Waals surface area (Å²) in [7, 11) is 0. The van der Waals surface area contributed by atoms with Crippen molar-refractivity contribution < 1.29 is 24.1 Å². The number of benzene rings is 3. The van der Waals surface area contributed by atoms with E-state index in [2.05, 4.69) is 5.10 Å². The number of fused-ring (bicyclic) bond motifs is 5. The lowest BCUT2D eigenvalue weighted by atomic mass is 9.47. The van der Waals surface area contributed by atoms with Gasteiger partial charge in [0.05, 0.1) is 39.7 Å². The molecule has 0 aromatic heterocycles. The van der Waals surface area contributed by atoms with Crippen molar-refractivity contribution >= 4 is 41.2 Å². The van der Waals surface area contributed by atoms with Gasteiger partial charge >= 0.3 is 0 Å². The van der Waals surface area contributed by atoms with Crippen molar-refractivity contribution in [3.63, 3.8) is 0 Å². The van der Waals surface area contributed by atoms with E-state index in [9.17, 15) is 29.3 Å². The first-order valence-corrected chi connectivity index (χ1v) is 14.8. The van der Waals surface area contributed by atoms with Gasteiger partial charge in [-0.2, -0.15) is 10.1 Å². The molecular formula is C34H24N4O6. The summed E-state index contributed by atoms with van der Waals surface area (Å²) in [6.45, 7) is 0. The first kappa shape index (κ1) is 25.3.